The average molecular weight is 341 g/mol. The molecule has 0 saturated carbocycles. The fourth-order valence-corrected chi connectivity index (χ4v) is 4.74. The van der Waals surface area contributed by atoms with Gasteiger partial charge in [-0.25, -0.2) is 13.1 Å². The molecule has 0 radical (unpaired) electrons. The van der Waals surface area contributed by atoms with E-state index in [0.29, 0.717) is 9.96 Å². The van der Waals surface area contributed by atoms with Gasteiger partial charge in [0.05, 0.1) is 19.8 Å². The normalized spacial score (nSPS) is 13.0. The lowest BCUT2D eigenvalue weighted by atomic mass is 10.1. The molecule has 0 bridgehead atoms. The standard InChI is InChI=1S/C15H19NO4S2/c1-11-7-8-21-15(11)22(17,18)16-14(10-19-2)12-5-4-6-13(9-12)20-3/h4-9,14,16H,10H2,1-3H3. The maximum Gasteiger partial charge on any atom is 0.250 e. The van der Waals surface area contributed by atoms with Crippen molar-refractivity contribution < 1.29 is 17.9 Å². The molecule has 0 fully saturated rings. The zero-order valence-corrected chi connectivity index (χ0v) is 14.3. The van der Waals surface area contributed by atoms with Crippen molar-refractivity contribution in [2.75, 3.05) is 20.8 Å². The van der Waals surface area contributed by atoms with Crippen molar-refractivity contribution in [3.05, 3.63) is 46.8 Å². The molecular weight excluding hydrogens is 322 g/mol. The first-order chi connectivity index (χ1) is 10.5. The van der Waals surface area contributed by atoms with Crippen molar-refractivity contribution in [3.8, 4) is 5.75 Å². The minimum Gasteiger partial charge on any atom is -0.497 e. The Balaban J connectivity index is 2.30. The highest BCUT2D eigenvalue weighted by Gasteiger charge is 2.24. The Labute approximate surface area is 134 Å². The Morgan fingerprint density at radius 3 is 2.64 bits per heavy atom. The number of aryl methyl sites for hydroxylation is 1. The maximum absolute atomic E-state index is 12.5. The highest BCUT2D eigenvalue weighted by Crippen LogP contribution is 2.25. The second-order valence-electron chi connectivity index (χ2n) is 4.80. The lowest BCUT2D eigenvalue weighted by Crippen LogP contribution is -2.31. The van der Waals surface area contributed by atoms with Gasteiger partial charge in [0.2, 0.25) is 0 Å². The predicted octanol–water partition coefficient (Wildman–Crippen LogP) is 2.73. The van der Waals surface area contributed by atoms with Crippen LogP contribution in [0.25, 0.3) is 0 Å². The summed E-state index contributed by atoms with van der Waals surface area (Å²) in [6.07, 6.45) is 0. The van der Waals surface area contributed by atoms with Crippen LogP contribution in [-0.2, 0) is 14.8 Å². The Morgan fingerprint density at radius 1 is 1.27 bits per heavy atom. The van der Waals surface area contributed by atoms with Crippen LogP contribution in [0.15, 0.2) is 39.9 Å². The number of hydrogen-bond acceptors (Lipinski definition) is 5. The molecule has 5 nitrogen and oxygen atoms in total. The monoisotopic (exact) mass is 341 g/mol. The number of hydrogen-bond donors (Lipinski definition) is 1. The van der Waals surface area contributed by atoms with Gasteiger partial charge in [-0.3, -0.25) is 0 Å². The number of rotatable bonds is 7. The molecule has 1 aromatic heterocycles. The molecule has 1 N–H and O–H groups in total. The largest absolute Gasteiger partial charge is 0.497 e. The van der Waals surface area contributed by atoms with E-state index in [1.54, 1.807) is 31.5 Å². The van der Waals surface area contributed by atoms with E-state index in [-0.39, 0.29) is 6.61 Å². The first kappa shape index (κ1) is 17.0. The fourth-order valence-electron chi connectivity index (χ4n) is 2.10. The third kappa shape index (κ3) is 3.86. The first-order valence-corrected chi connectivity index (χ1v) is 9.03. The summed E-state index contributed by atoms with van der Waals surface area (Å²) in [5.74, 6) is 0.671. The van der Waals surface area contributed by atoms with Crippen LogP contribution in [0, 0.1) is 6.92 Å². The van der Waals surface area contributed by atoms with E-state index in [9.17, 15) is 8.42 Å². The average Bonchev–Trinajstić information content (AvgIpc) is 2.94. The van der Waals surface area contributed by atoms with Crippen molar-refractivity contribution in [3.63, 3.8) is 0 Å². The predicted molar refractivity (Wildman–Crippen MR) is 87.0 cm³/mol. The molecule has 0 aliphatic heterocycles. The van der Waals surface area contributed by atoms with Crippen molar-refractivity contribution in [1.29, 1.82) is 0 Å². The van der Waals surface area contributed by atoms with E-state index >= 15 is 0 Å². The van der Waals surface area contributed by atoms with Gasteiger partial charge in [0.25, 0.3) is 10.0 Å². The van der Waals surface area contributed by atoms with Crippen LogP contribution < -0.4 is 9.46 Å². The van der Waals surface area contributed by atoms with Crippen LogP contribution in [0.4, 0.5) is 0 Å². The van der Waals surface area contributed by atoms with Gasteiger partial charge in [-0.1, -0.05) is 12.1 Å². The van der Waals surface area contributed by atoms with Crippen LogP contribution in [0.5, 0.6) is 5.75 Å². The molecule has 0 aliphatic carbocycles. The first-order valence-electron chi connectivity index (χ1n) is 6.67. The summed E-state index contributed by atoms with van der Waals surface area (Å²) in [5, 5.41) is 1.76. The minimum absolute atomic E-state index is 0.233. The third-order valence-corrected chi connectivity index (χ3v) is 6.35. The second kappa shape index (κ2) is 7.23. The summed E-state index contributed by atoms with van der Waals surface area (Å²) in [7, 11) is -0.476. The SMILES string of the molecule is COCC(NS(=O)(=O)c1sccc1C)c1cccc(OC)c1. The molecule has 22 heavy (non-hydrogen) atoms. The van der Waals surface area contributed by atoms with E-state index in [4.69, 9.17) is 9.47 Å². The van der Waals surface area contributed by atoms with Gasteiger partial charge in [0, 0.05) is 7.11 Å². The van der Waals surface area contributed by atoms with Gasteiger partial charge in [0.15, 0.2) is 0 Å². The molecule has 1 unspecified atom stereocenters. The summed E-state index contributed by atoms with van der Waals surface area (Å²) in [4.78, 5) is 0. The van der Waals surface area contributed by atoms with Gasteiger partial charge in [-0.15, -0.1) is 11.3 Å². The van der Waals surface area contributed by atoms with Crippen LogP contribution in [0.3, 0.4) is 0 Å². The van der Waals surface area contributed by atoms with Crippen LogP contribution >= 0.6 is 11.3 Å². The zero-order valence-electron chi connectivity index (χ0n) is 12.7. The molecule has 1 atom stereocenters. The molecule has 0 spiro atoms. The molecule has 1 heterocycles. The summed E-state index contributed by atoms with van der Waals surface area (Å²) < 4.78 is 38.5. The molecule has 1 aromatic carbocycles. The molecule has 0 saturated heterocycles. The van der Waals surface area contributed by atoms with Crippen LogP contribution in [0.1, 0.15) is 17.2 Å². The molecule has 0 aliphatic rings. The molecular formula is C15H19NO4S2. The summed E-state index contributed by atoms with van der Waals surface area (Å²) >= 11 is 1.20. The van der Waals surface area contributed by atoms with Gasteiger partial charge in [-0.05, 0) is 41.6 Å². The highest BCUT2D eigenvalue weighted by molar-refractivity contribution is 7.91. The minimum atomic E-state index is -3.59. The molecule has 0 amide bonds. The molecule has 2 rings (SSSR count). The lowest BCUT2D eigenvalue weighted by molar-refractivity contribution is 0.175. The van der Waals surface area contributed by atoms with E-state index in [2.05, 4.69) is 4.72 Å². The number of ether oxygens (including phenoxy) is 2. The smallest absolute Gasteiger partial charge is 0.250 e. The van der Waals surface area contributed by atoms with Gasteiger partial charge in [-0.2, -0.15) is 0 Å². The van der Waals surface area contributed by atoms with Crippen LogP contribution in [0.2, 0.25) is 0 Å². The summed E-state index contributed by atoms with van der Waals surface area (Å²) in [6, 6.07) is 8.58. The van der Waals surface area contributed by atoms with E-state index < -0.39 is 16.1 Å². The Kier molecular flexibility index (Phi) is 5.57. The van der Waals surface area contributed by atoms with E-state index in [1.807, 2.05) is 18.2 Å². The fraction of sp³-hybridized carbons (Fsp3) is 0.333. The summed E-state index contributed by atoms with van der Waals surface area (Å²) in [6.45, 7) is 2.01. The van der Waals surface area contributed by atoms with E-state index in [1.165, 1.54) is 18.4 Å². The number of thiophene rings is 1. The Bertz CT molecular complexity index is 725. The van der Waals surface area contributed by atoms with Gasteiger partial charge >= 0.3 is 0 Å². The van der Waals surface area contributed by atoms with E-state index in [0.717, 1.165) is 11.1 Å². The molecule has 120 valence electrons. The van der Waals surface area contributed by atoms with Gasteiger partial charge < -0.3 is 9.47 Å². The number of benzene rings is 1. The van der Waals surface area contributed by atoms with Crippen molar-refractivity contribution >= 4 is 21.4 Å². The lowest BCUT2D eigenvalue weighted by Gasteiger charge is -2.19. The van der Waals surface area contributed by atoms with Crippen molar-refractivity contribution in [1.82, 2.24) is 4.72 Å². The maximum atomic E-state index is 12.5. The van der Waals surface area contributed by atoms with Crippen molar-refractivity contribution in [2.45, 2.75) is 17.2 Å². The quantitative estimate of drug-likeness (QED) is 0.841. The van der Waals surface area contributed by atoms with Crippen LogP contribution in [-0.4, -0.2) is 29.2 Å². The van der Waals surface area contributed by atoms with Gasteiger partial charge in [0.1, 0.15) is 9.96 Å². The Hall–Kier alpha value is -1.41. The topological polar surface area (TPSA) is 64.6 Å². The molecule has 2 aromatic rings. The third-order valence-electron chi connectivity index (χ3n) is 3.19. The number of methoxy groups -OCH3 is 2. The Morgan fingerprint density at radius 2 is 2.05 bits per heavy atom. The summed E-state index contributed by atoms with van der Waals surface area (Å²) in [5.41, 5.74) is 1.53. The zero-order chi connectivity index (χ0) is 16.2. The number of nitrogens with one attached hydrogen (secondary N) is 1. The second-order valence-corrected chi connectivity index (χ2v) is 7.62. The number of sulfonamides is 1. The van der Waals surface area contributed by atoms with Crippen molar-refractivity contribution in [2.24, 2.45) is 0 Å². The molecule has 7 heteroatoms. The highest BCUT2D eigenvalue weighted by atomic mass is 32.2.